The molecule has 0 saturated heterocycles. The fourth-order valence-corrected chi connectivity index (χ4v) is 4.00. The first kappa shape index (κ1) is 18.1. The maximum absolute atomic E-state index is 12.6. The van der Waals surface area contributed by atoms with E-state index in [9.17, 15) is 13.2 Å². The number of carbonyl (C=O) groups is 1. The molecule has 0 aromatic heterocycles. The van der Waals surface area contributed by atoms with Crippen LogP contribution in [-0.4, -0.2) is 20.1 Å². The lowest BCUT2D eigenvalue weighted by molar-refractivity contribution is 0.0931. The predicted octanol–water partition coefficient (Wildman–Crippen LogP) is 4.12. The van der Waals surface area contributed by atoms with Gasteiger partial charge in [-0.3, -0.25) is 4.79 Å². The fraction of sp³-hybridized carbons (Fsp3) is 0.316. The zero-order chi connectivity index (χ0) is 18.0. The van der Waals surface area contributed by atoms with Gasteiger partial charge in [0.25, 0.3) is 5.91 Å². The zero-order valence-corrected chi connectivity index (χ0v) is 16.3. The Bertz CT molecular complexity index is 874. The third-order valence-corrected chi connectivity index (χ3v) is 6.70. The van der Waals surface area contributed by atoms with Crippen molar-refractivity contribution in [3.63, 3.8) is 0 Å². The lowest BCUT2D eigenvalue weighted by Crippen LogP contribution is -2.30. The van der Waals surface area contributed by atoms with E-state index in [1.165, 1.54) is 0 Å². The van der Waals surface area contributed by atoms with E-state index in [0.29, 0.717) is 16.4 Å². The maximum Gasteiger partial charge on any atom is 0.251 e. The maximum atomic E-state index is 12.6. The van der Waals surface area contributed by atoms with Gasteiger partial charge in [-0.1, -0.05) is 35.0 Å². The van der Waals surface area contributed by atoms with Gasteiger partial charge < -0.3 is 5.32 Å². The summed E-state index contributed by atoms with van der Waals surface area (Å²) in [7, 11) is -3.26. The number of rotatable bonds is 6. The van der Waals surface area contributed by atoms with E-state index < -0.39 is 9.84 Å². The minimum atomic E-state index is -3.26. The summed E-state index contributed by atoms with van der Waals surface area (Å²) < 4.78 is 25.2. The Kier molecular flexibility index (Phi) is 5.29. The van der Waals surface area contributed by atoms with Crippen LogP contribution in [0, 0.1) is 5.92 Å². The highest BCUT2D eigenvalue weighted by atomic mass is 79.9. The zero-order valence-electron chi connectivity index (χ0n) is 13.9. The Labute approximate surface area is 156 Å². The second-order valence-corrected chi connectivity index (χ2v) is 9.47. The van der Waals surface area contributed by atoms with Crippen molar-refractivity contribution in [2.45, 2.75) is 30.7 Å². The minimum absolute atomic E-state index is 0.0653. The number of hydrogen-bond acceptors (Lipinski definition) is 3. The molecule has 0 radical (unpaired) electrons. The lowest BCUT2D eigenvalue weighted by atomic mass is 10.0. The Morgan fingerprint density at radius 1 is 1.20 bits per heavy atom. The summed E-state index contributed by atoms with van der Waals surface area (Å²) in [5, 5.41) is 3.08. The van der Waals surface area contributed by atoms with Gasteiger partial charge in [-0.2, -0.15) is 0 Å². The molecule has 1 aliphatic carbocycles. The van der Waals surface area contributed by atoms with Gasteiger partial charge in [-0.15, -0.1) is 0 Å². The molecule has 1 N–H and O–H groups in total. The summed E-state index contributed by atoms with van der Waals surface area (Å²) in [5.74, 6) is 0.280. The van der Waals surface area contributed by atoms with Crippen molar-refractivity contribution in [1.82, 2.24) is 5.32 Å². The van der Waals surface area contributed by atoms with Gasteiger partial charge in [0, 0.05) is 10.0 Å². The molecule has 2 aromatic rings. The summed E-state index contributed by atoms with van der Waals surface area (Å²) >= 11 is 3.36. The molecule has 6 heteroatoms. The van der Waals surface area contributed by atoms with E-state index in [4.69, 9.17) is 0 Å². The van der Waals surface area contributed by atoms with Crippen LogP contribution in [0.5, 0.6) is 0 Å². The molecule has 2 aromatic carbocycles. The summed E-state index contributed by atoms with van der Waals surface area (Å²) in [5.41, 5.74) is 1.44. The summed E-state index contributed by atoms with van der Waals surface area (Å²) in [6.07, 6.45) is 2.08. The molecule has 1 saturated carbocycles. The Morgan fingerprint density at radius 2 is 1.88 bits per heavy atom. The number of nitrogens with one attached hydrogen (secondary N) is 1. The van der Waals surface area contributed by atoms with Crippen LogP contribution >= 0.6 is 15.9 Å². The molecule has 132 valence electrons. The van der Waals surface area contributed by atoms with Crippen molar-refractivity contribution in [3.05, 3.63) is 64.1 Å². The number of sulfone groups is 1. The number of benzene rings is 2. The van der Waals surface area contributed by atoms with Crippen LogP contribution in [0.1, 0.15) is 41.7 Å². The first-order chi connectivity index (χ1) is 11.9. The minimum Gasteiger partial charge on any atom is -0.345 e. The largest absolute Gasteiger partial charge is 0.345 e. The fourth-order valence-electron chi connectivity index (χ4n) is 2.80. The van der Waals surface area contributed by atoms with Crippen LogP contribution in [0.25, 0.3) is 0 Å². The standard InChI is InChI=1S/C19H20BrNO3S/c1-2-25(23,24)17-5-3-4-15(12-17)18(13-6-7-13)21-19(22)14-8-10-16(20)11-9-14/h3-5,8-13,18H,2,6-7H2,1H3,(H,21,22)/t18-/m1/s1. The molecule has 0 aliphatic heterocycles. The first-order valence-electron chi connectivity index (χ1n) is 8.30. The number of halogens is 1. The van der Waals surface area contributed by atoms with E-state index in [-0.39, 0.29) is 17.7 Å². The first-order valence-corrected chi connectivity index (χ1v) is 10.7. The molecular weight excluding hydrogens is 402 g/mol. The average molecular weight is 422 g/mol. The van der Waals surface area contributed by atoms with Crippen molar-refractivity contribution >= 4 is 31.7 Å². The van der Waals surface area contributed by atoms with Crippen LogP contribution in [0.2, 0.25) is 0 Å². The lowest BCUT2D eigenvalue weighted by Gasteiger charge is -2.19. The number of hydrogen-bond donors (Lipinski definition) is 1. The third kappa shape index (κ3) is 4.30. The Hall–Kier alpha value is -1.66. The van der Waals surface area contributed by atoms with Crippen molar-refractivity contribution < 1.29 is 13.2 Å². The van der Waals surface area contributed by atoms with Crippen LogP contribution < -0.4 is 5.32 Å². The second-order valence-electron chi connectivity index (χ2n) is 6.27. The highest BCUT2D eigenvalue weighted by molar-refractivity contribution is 9.10. The van der Waals surface area contributed by atoms with E-state index in [1.54, 1.807) is 37.3 Å². The molecule has 4 nitrogen and oxygen atoms in total. The van der Waals surface area contributed by atoms with Crippen LogP contribution in [-0.2, 0) is 9.84 Å². The van der Waals surface area contributed by atoms with E-state index in [1.807, 2.05) is 18.2 Å². The van der Waals surface area contributed by atoms with Gasteiger partial charge in [0.15, 0.2) is 9.84 Å². The third-order valence-electron chi connectivity index (χ3n) is 4.44. The normalized spacial score (nSPS) is 15.6. The molecule has 0 unspecified atom stereocenters. The smallest absolute Gasteiger partial charge is 0.251 e. The van der Waals surface area contributed by atoms with Crippen LogP contribution in [0.4, 0.5) is 0 Å². The molecular formula is C19H20BrNO3S. The summed E-state index contributed by atoms with van der Waals surface area (Å²) in [6, 6.07) is 14.0. The quantitative estimate of drug-likeness (QED) is 0.762. The van der Waals surface area contributed by atoms with Gasteiger partial charge in [-0.25, -0.2) is 8.42 Å². The van der Waals surface area contributed by atoms with Crippen molar-refractivity contribution in [2.75, 3.05) is 5.75 Å². The number of carbonyl (C=O) groups excluding carboxylic acids is 1. The summed E-state index contributed by atoms with van der Waals surface area (Å²) in [4.78, 5) is 12.9. The van der Waals surface area contributed by atoms with Crippen LogP contribution in [0.15, 0.2) is 57.9 Å². The molecule has 0 spiro atoms. The highest BCUT2D eigenvalue weighted by Crippen LogP contribution is 2.41. The van der Waals surface area contributed by atoms with E-state index >= 15 is 0 Å². The number of amides is 1. The molecule has 1 aliphatic rings. The van der Waals surface area contributed by atoms with E-state index in [0.717, 1.165) is 22.9 Å². The molecule has 25 heavy (non-hydrogen) atoms. The predicted molar refractivity (Wildman–Crippen MR) is 101 cm³/mol. The molecule has 1 amide bonds. The van der Waals surface area contributed by atoms with Gasteiger partial charge in [0.1, 0.15) is 0 Å². The Balaban J connectivity index is 1.86. The van der Waals surface area contributed by atoms with E-state index in [2.05, 4.69) is 21.2 Å². The monoisotopic (exact) mass is 421 g/mol. The molecule has 3 rings (SSSR count). The molecule has 0 heterocycles. The van der Waals surface area contributed by atoms with Crippen molar-refractivity contribution in [2.24, 2.45) is 5.92 Å². The summed E-state index contributed by atoms with van der Waals surface area (Å²) in [6.45, 7) is 1.63. The van der Waals surface area contributed by atoms with Gasteiger partial charge in [-0.05, 0) is 60.7 Å². The van der Waals surface area contributed by atoms with Crippen molar-refractivity contribution in [3.8, 4) is 0 Å². The average Bonchev–Trinajstić information content (AvgIpc) is 3.45. The highest BCUT2D eigenvalue weighted by Gasteiger charge is 2.34. The van der Waals surface area contributed by atoms with Crippen molar-refractivity contribution in [1.29, 1.82) is 0 Å². The molecule has 0 bridgehead atoms. The van der Waals surface area contributed by atoms with Crippen LogP contribution in [0.3, 0.4) is 0 Å². The topological polar surface area (TPSA) is 63.2 Å². The molecule has 1 fully saturated rings. The van der Waals surface area contributed by atoms with Gasteiger partial charge >= 0.3 is 0 Å². The van der Waals surface area contributed by atoms with Gasteiger partial charge in [0.2, 0.25) is 0 Å². The SMILES string of the molecule is CCS(=O)(=O)c1cccc([C@H](NC(=O)c2ccc(Br)cc2)C2CC2)c1. The Morgan fingerprint density at radius 3 is 2.48 bits per heavy atom. The second kappa shape index (κ2) is 7.30. The molecule has 1 atom stereocenters. The van der Waals surface area contributed by atoms with Gasteiger partial charge in [0.05, 0.1) is 16.7 Å².